The van der Waals surface area contributed by atoms with Crippen LogP contribution in [-0.4, -0.2) is 36.1 Å². The largest absolute Gasteiger partial charge is 0.454 e. The third-order valence-corrected chi connectivity index (χ3v) is 4.41. The van der Waals surface area contributed by atoms with Crippen molar-refractivity contribution in [1.29, 1.82) is 0 Å². The first kappa shape index (κ1) is 13.4. The van der Waals surface area contributed by atoms with Gasteiger partial charge < -0.3 is 19.7 Å². The van der Waals surface area contributed by atoms with E-state index >= 15 is 0 Å². The Morgan fingerprint density at radius 3 is 2.77 bits per heavy atom. The molecule has 2 fully saturated rings. The summed E-state index contributed by atoms with van der Waals surface area (Å²) in [5.74, 6) is 1.49. The summed E-state index contributed by atoms with van der Waals surface area (Å²) in [6, 6.07) is 4.97. The van der Waals surface area contributed by atoms with Crippen molar-refractivity contribution in [1.82, 2.24) is 4.90 Å². The summed E-state index contributed by atoms with van der Waals surface area (Å²) in [5, 5.41) is 2.89. The first-order valence-corrected chi connectivity index (χ1v) is 7.73. The Balaban J connectivity index is 1.46. The fraction of sp³-hybridized carbons (Fsp3) is 0.500. The molecule has 3 aliphatic rings. The highest BCUT2D eigenvalue weighted by atomic mass is 16.7. The molecule has 6 nitrogen and oxygen atoms in total. The Bertz CT molecular complexity index is 627. The normalized spacial score (nSPS) is 22.7. The number of benzene rings is 1. The lowest BCUT2D eigenvalue weighted by molar-refractivity contribution is -0.137. The van der Waals surface area contributed by atoms with Gasteiger partial charge in [0.2, 0.25) is 18.6 Å². The summed E-state index contributed by atoms with van der Waals surface area (Å²) in [7, 11) is 0. The van der Waals surface area contributed by atoms with E-state index in [4.69, 9.17) is 9.47 Å². The first-order valence-electron chi connectivity index (χ1n) is 7.73. The van der Waals surface area contributed by atoms with Crippen molar-refractivity contribution < 1.29 is 19.1 Å². The highest BCUT2D eigenvalue weighted by molar-refractivity contribution is 5.98. The molecule has 0 aromatic heterocycles. The topological polar surface area (TPSA) is 67.9 Å². The van der Waals surface area contributed by atoms with Crippen LogP contribution in [-0.2, 0) is 9.59 Å². The highest BCUT2D eigenvalue weighted by Crippen LogP contribution is 2.35. The summed E-state index contributed by atoms with van der Waals surface area (Å²) < 4.78 is 10.6. The lowest BCUT2D eigenvalue weighted by Crippen LogP contribution is -2.43. The van der Waals surface area contributed by atoms with Crippen molar-refractivity contribution in [2.24, 2.45) is 5.92 Å². The quantitative estimate of drug-likeness (QED) is 0.923. The van der Waals surface area contributed by atoms with Crippen LogP contribution in [0, 0.1) is 5.92 Å². The van der Waals surface area contributed by atoms with Gasteiger partial charge in [-0.3, -0.25) is 9.59 Å². The summed E-state index contributed by atoms with van der Waals surface area (Å²) in [4.78, 5) is 26.5. The molecule has 6 heteroatoms. The maximum absolute atomic E-state index is 12.5. The fourth-order valence-corrected chi connectivity index (χ4v) is 3.07. The van der Waals surface area contributed by atoms with Gasteiger partial charge in [0.25, 0.3) is 0 Å². The van der Waals surface area contributed by atoms with Crippen LogP contribution in [0.3, 0.4) is 0 Å². The minimum atomic E-state index is -0.349. The Kier molecular flexibility index (Phi) is 3.17. The molecule has 4 rings (SSSR count). The van der Waals surface area contributed by atoms with Crippen LogP contribution in [0.5, 0.6) is 11.5 Å². The van der Waals surface area contributed by atoms with Crippen LogP contribution < -0.4 is 14.8 Å². The summed E-state index contributed by atoms with van der Waals surface area (Å²) >= 11 is 0. The van der Waals surface area contributed by atoms with Gasteiger partial charge in [-0.2, -0.15) is 0 Å². The van der Waals surface area contributed by atoms with Crippen molar-refractivity contribution in [3.05, 3.63) is 18.2 Å². The van der Waals surface area contributed by atoms with Gasteiger partial charge in [-0.1, -0.05) is 0 Å². The van der Waals surface area contributed by atoms with Crippen LogP contribution in [0.2, 0.25) is 0 Å². The maximum atomic E-state index is 12.5. The molecule has 0 unspecified atom stereocenters. The van der Waals surface area contributed by atoms with Crippen LogP contribution in [0.15, 0.2) is 18.2 Å². The van der Waals surface area contributed by atoms with Crippen LogP contribution in [0.1, 0.15) is 25.7 Å². The van der Waals surface area contributed by atoms with E-state index in [1.165, 1.54) is 0 Å². The first-order chi connectivity index (χ1) is 10.7. The van der Waals surface area contributed by atoms with E-state index in [-0.39, 0.29) is 30.6 Å². The van der Waals surface area contributed by atoms with Crippen molar-refractivity contribution in [2.45, 2.75) is 31.7 Å². The van der Waals surface area contributed by atoms with Crippen LogP contribution >= 0.6 is 0 Å². The molecule has 0 radical (unpaired) electrons. The van der Waals surface area contributed by atoms with Gasteiger partial charge in [-0.05, 0) is 37.8 Å². The number of hydrogen-bond acceptors (Lipinski definition) is 4. The molecule has 22 heavy (non-hydrogen) atoms. The van der Waals surface area contributed by atoms with Gasteiger partial charge in [-0.15, -0.1) is 0 Å². The van der Waals surface area contributed by atoms with Crippen molar-refractivity contribution in [2.75, 3.05) is 18.7 Å². The minimum absolute atomic E-state index is 0.120. The lowest BCUT2D eigenvalue weighted by atomic mass is 10.2. The lowest BCUT2D eigenvalue weighted by Gasteiger charge is -2.24. The molecule has 116 valence electrons. The molecule has 1 aliphatic carbocycles. The zero-order valence-electron chi connectivity index (χ0n) is 12.2. The van der Waals surface area contributed by atoms with Gasteiger partial charge in [0, 0.05) is 24.2 Å². The second kappa shape index (κ2) is 5.19. The van der Waals surface area contributed by atoms with Crippen molar-refractivity contribution >= 4 is 17.5 Å². The molecule has 1 saturated carbocycles. The third kappa shape index (κ3) is 2.38. The Morgan fingerprint density at radius 2 is 1.95 bits per heavy atom. The van der Waals surface area contributed by atoms with Crippen molar-refractivity contribution in [3.8, 4) is 11.5 Å². The smallest absolute Gasteiger partial charge is 0.247 e. The molecular formula is C16H18N2O4. The van der Waals surface area contributed by atoms with Gasteiger partial charge in [0.1, 0.15) is 6.04 Å². The number of carbonyl (C=O) groups is 2. The summed E-state index contributed by atoms with van der Waals surface area (Å²) in [6.07, 6.45) is 3.55. The molecule has 2 amide bonds. The van der Waals surface area contributed by atoms with Crippen molar-refractivity contribution in [3.63, 3.8) is 0 Å². The van der Waals surface area contributed by atoms with Gasteiger partial charge in [-0.25, -0.2) is 0 Å². The average molecular weight is 302 g/mol. The molecule has 1 N–H and O–H groups in total. The Hall–Kier alpha value is -2.24. The molecule has 2 aliphatic heterocycles. The average Bonchev–Trinajstić information content (AvgIpc) is 3.07. The third-order valence-electron chi connectivity index (χ3n) is 4.41. The number of nitrogens with one attached hydrogen (secondary N) is 1. The number of anilines is 1. The van der Waals surface area contributed by atoms with E-state index in [1.807, 2.05) is 0 Å². The van der Waals surface area contributed by atoms with E-state index in [0.717, 1.165) is 25.7 Å². The number of nitrogens with zero attached hydrogens (tertiary/aromatic N) is 1. The van der Waals surface area contributed by atoms with Crippen LogP contribution in [0.4, 0.5) is 5.69 Å². The molecule has 1 saturated heterocycles. The number of likely N-dealkylation sites (tertiary alicyclic amines) is 1. The fourth-order valence-electron chi connectivity index (χ4n) is 3.07. The monoisotopic (exact) mass is 302 g/mol. The van der Waals surface area contributed by atoms with E-state index in [0.29, 0.717) is 23.7 Å². The second-order valence-electron chi connectivity index (χ2n) is 6.02. The predicted octanol–water partition coefficient (Wildman–Crippen LogP) is 1.75. The minimum Gasteiger partial charge on any atom is -0.454 e. The Morgan fingerprint density at radius 1 is 1.14 bits per heavy atom. The summed E-state index contributed by atoms with van der Waals surface area (Å²) in [6.45, 7) is 0.896. The SMILES string of the molecule is O=C(Nc1ccc2c(c1)OCO2)[C@H]1CCCN1C(=O)C1CC1. The molecule has 1 atom stereocenters. The number of amides is 2. The van der Waals surface area contributed by atoms with E-state index < -0.39 is 0 Å². The number of fused-ring (bicyclic) bond motifs is 1. The van der Waals surface area contributed by atoms with Gasteiger partial charge in [0.05, 0.1) is 0 Å². The molecule has 0 bridgehead atoms. The molecule has 1 aromatic carbocycles. The highest BCUT2D eigenvalue weighted by Gasteiger charge is 2.40. The van der Waals surface area contributed by atoms with E-state index in [1.54, 1.807) is 23.1 Å². The number of ether oxygens (including phenoxy) is 2. The standard InChI is InChI=1S/C16H18N2O4/c19-15(12-2-1-7-18(12)16(20)10-3-4-10)17-11-5-6-13-14(8-11)22-9-21-13/h5-6,8,10,12H,1-4,7,9H2,(H,17,19)/t12-/m1/s1. The van der Waals surface area contributed by atoms with E-state index in [9.17, 15) is 9.59 Å². The summed E-state index contributed by atoms with van der Waals surface area (Å²) in [5.41, 5.74) is 0.667. The number of rotatable bonds is 3. The number of hydrogen-bond donors (Lipinski definition) is 1. The van der Waals surface area contributed by atoms with Gasteiger partial charge in [0.15, 0.2) is 11.5 Å². The Labute approximate surface area is 128 Å². The van der Waals surface area contributed by atoms with E-state index in [2.05, 4.69) is 5.32 Å². The zero-order chi connectivity index (χ0) is 15.1. The second-order valence-corrected chi connectivity index (χ2v) is 6.02. The molecule has 1 aromatic rings. The number of carbonyl (C=O) groups excluding carboxylic acids is 2. The van der Waals surface area contributed by atoms with Gasteiger partial charge >= 0.3 is 0 Å². The zero-order valence-corrected chi connectivity index (χ0v) is 12.2. The molecule has 0 spiro atoms. The predicted molar refractivity (Wildman–Crippen MR) is 78.7 cm³/mol. The van der Waals surface area contributed by atoms with Crippen LogP contribution in [0.25, 0.3) is 0 Å². The molecular weight excluding hydrogens is 284 g/mol. The maximum Gasteiger partial charge on any atom is 0.247 e. The molecule has 2 heterocycles.